The zero-order valence-electron chi connectivity index (χ0n) is 11.4. The highest BCUT2D eigenvalue weighted by Gasteiger charge is 2.31. The number of benzene rings is 1. The van der Waals surface area contributed by atoms with Crippen LogP contribution in [0.3, 0.4) is 0 Å². The zero-order valence-corrected chi connectivity index (χ0v) is 11.4. The minimum Gasteiger partial charge on any atom is -0.406 e. The standard InChI is InChI=1S/C14H19F3N2O/c1-19(12-3-2-8-18-9-12)10-11-4-6-13(7-5-11)20-14(15,16)17/h4-7,12,18H,2-3,8-10H2,1H3. The van der Waals surface area contributed by atoms with E-state index in [2.05, 4.69) is 15.0 Å². The molecule has 6 heteroatoms. The molecule has 0 aromatic heterocycles. The molecule has 2 rings (SSSR count). The first-order chi connectivity index (χ1) is 9.44. The van der Waals surface area contributed by atoms with Crippen LogP contribution in [0.2, 0.25) is 0 Å². The van der Waals surface area contributed by atoms with E-state index in [1.165, 1.54) is 12.1 Å². The lowest BCUT2D eigenvalue weighted by Gasteiger charge is -2.31. The van der Waals surface area contributed by atoms with E-state index in [1.54, 1.807) is 12.1 Å². The topological polar surface area (TPSA) is 24.5 Å². The van der Waals surface area contributed by atoms with Gasteiger partial charge in [0.25, 0.3) is 0 Å². The SMILES string of the molecule is CN(Cc1ccc(OC(F)(F)F)cc1)C1CCCNC1. The number of likely N-dealkylation sites (N-methyl/N-ethyl adjacent to an activating group) is 1. The van der Waals surface area contributed by atoms with Crippen LogP contribution < -0.4 is 10.1 Å². The first kappa shape index (κ1) is 15.1. The van der Waals surface area contributed by atoms with Gasteiger partial charge >= 0.3 is 6.36 Å². The Balaban J connectivity index is 1.89. The van der Waals surface area contributed by atoms with Crippen molar-refractivity contribution < 1.29 is 17.9 Å². The van der Waals surface area contributed by atoms with Crippen LogP contribution in [0.25, 0.3) is 0 Å². The van der Waals surface area contributed by atoms with E-state index < -0.39 is 6.36 Å². The second kappa shape index (κ2) is 6.45. The molecule has 1 saturated heterocycles. The van der Waals surface area contributed by atoms with E-state index >= 15 is 0 Å². The average molecular weight is 288 g/mol. The first-order valence-corrected chi connectivity index (χ1v) is 6.70. The van der Waals surface area contributed by atoms with Gasteiger partial charge in [0.15, 0.2) is 0 Å². The van der Waals surface area contributed by atoms with Crippen molar-refractivity contribution in [3.8, 4) is 5.75 Å². The molecule has 1 aliphatic heterocycles. The Morgan fingerprint density at radius 1 is 1.30 bits per heavy atom. The van der Waals surface area contributed by atoms with Crippen molar-refractivity contribution >= 4 is 0 Å². The lowest BCUT2D eigenvalue weighted by atomic mass is 10.1. The third-order valence-electron chi connectivity index (χ3n) is 3.48. The summed E-state index contributed by atoms with van der Waals surface area (Å²) in [6.45, 7) is 2.75. The van der Waals surface area contributed by atoms with Crippen molar-refractivity contribution in [1.82, 2.24) is 10.2 Å². The molecule has 3 nitrogen and oxygen atoms in total. The van der Waals surface area contributed by atoms with Crippen LogP contribution in [-0.4, -0.2) is 37.4 Å². The van der Waals surface area contributed by atoms with E-state index in [1.807, 2.05) is 7.05 Å². The van der Waals surface area contributed by atoms with Gasteiger partial charge in [-0.05, 0) is 44.1 Å². The van der Waals surface area contributed by atoms with Crippen molar-refractivity contribution in [2.75, 3.05) is 20.1 Å². The van der Waals surface area contributed by atoms with E-state index in [-0.39, 0.29) is 5.75 Å². The van der Waals surface area contributed by atoms with E-state index in [0.29, 0.717) is 6.04 Å². The number of nitrogens with one attached hydrogen (secondary N) is 1. The van der Waals surface area contributed by atoms with Gasteiger partial charge in [-0.1, -0.05) is 12.1 Å². The van der Waals surface area contributed by atoms with Gasteiger partial charge < -0.3 is 10.1 Å². The molecule has 1 fully saturated rings. The van der Waals surface area contributed by atoms with Crippen molar-refractivity contribution in [3.63, 3.8) is 0 Å². The summed E-state index contributed by atoms with van der Waals surface area (Å²) in [5, 5.41) is 3.35. The van der Waals surface area contributed by atoms with Crippen LogP contribution in [0.4, 0.5) is 13.2 Å². The van der Waals surface area contributed by atoms with Crippen molar-refractivity contribution in [2.24, 2.45) is 0 Å². The molecule has 1 unspecified atom stereocenters. The summed E-state index contributed by atoms with van der Waals surface area (Å²) in [7, 11) is 2.04. The molecule has 0 radical (unpaired) electrons. The summed E-state index contributed by atoms with van der Waals surface area (Å²) in [6, 6.07) is 6.54. The molecule has 1 atom stereocenters. The molecule has 1 heterocycles. The third-order valence-corrected chi connectivity index (χ3v) is 3.48. The fourth-order valence-electron chi connectivity index (χ4n) is 2.42. The predicted octanol–water partition coefficient (Wildman–Crippen LogP) is 2.77. The summed E-state index contributed by atoms with van der Waals surface area (Å²) in [5.74, 6) is -0.178. The first-order valence-electron chi connectivity index (χ1n) is 6.70. The van der Waals surface area contributed by atoms with Gasteiger partial charge in [-0.25, -0.2) is 0 Å². The largest absolute Gasteiger partial charge is 0.573 e. The lowest BCUT2D eigenvalue weighted by Crippen LogP contribution is -2.43. The fourth-order valence-corrected chi connectivity index (χ4v) is 2.42. The van der Waals surface area contributed by atoms with Gasteiger partial charge in [-0.3, -0.25) is 4.90 Å². The maximum atomic E-state index is 12.1. The molecule has 1 aromatic carbocycles. The summed E-state index contributed by atoms with van der Waals surface area (Å²) in [5.41, 5.74) is 0.979. The van der Waals surface area contributed by atoms with Gasteiger partial charge in [-0.2, -0.15) is 0 Å². The molecule has 0 aliphatic carbocycles. The number of ether oxygens (including phenoxy) is 1. The number of halogens is 3. The molecule has 0 saturated carbocycles. The minimum atomic E-state index is -4.63. The Morgan fingerprint density at radius 2 is 2.00 bits per heavy atom. The molecule has 0 spiro atoms. The molecule has 112 valence electrons. The highest BCUT2D eigenvalue weighted by atomic mass is 19.4. The number of rotatable bonds is 4. The Bertz CT molecular complexity index is 413. The Morgan fingerprint density at radius 3 is 2.55 bits per heavy atom. The van der Waals surface area contributed by atoms with Crippen LogP contribution in [0, 0.1) is 0 Å². The van der Waals surface area contributed by atoms with Crippen LogP contribution in [0.1, 0.15) is 18.4 Å². The molecule has 0 bridgehead atoms. The maximum Gasteiger partial charge on any atom is 0.573 e. The van der Waals surface area contributed by atoms with Gasteiger partial charge in [0, 0.05) is 19.1 Å². The Hall–Kier alpha value is -1.27. The fraction of sp³-hybridized carbons (Fsp3) is 0.571. The third kappa shape index (κ3) is 4.68. The second-order valence-electron chi connectivity index (χ2n) is 5.11. The molecule has 1 aliphatic rings. The minimum absolute atomic E-state index is 0.178. The van der Waals surface area contributed by atoms with Gasteiger partial charge in [0.2, 0.25) is 0 Å². The summed E-state index contributed by atoms with van der Waals surface area (Å²) in [4.78, 5) is 2.23. The van der Waals surface area contributed by atoms with E-state index in [4.69, 9.17) is 0 Å². The lowest BCUT2D eigenvalue weighted by molar-refractivity contribution is -0.274. The van der Waals surface area contributed by atoms with Gasteiger partial charge in [0.1, 0.15) is 5.75 Å². The molecular formula is C14H19F3N2O. The molecule has 1 aromatic rings. The zero-order chi connectivity index (χ0) is 14.6. The number of hydrogen-bond acceptors (Lipinski definition) is 3. The average Bonchev–Trinajstić information content (AvgIpc) is 2.40. The van der Waals surface area contributed by atoms with Crippen molar-refractivity contribution in [1.29, 1.82) is 0 Å². The number of alkyl halides is 3. The summed E-state index contributed by atoms with van der Waals surface area (Å²) < 4.78 is 40.0. The normalized spacial score (nSPS) is 20.1. The molecule has 1 N–H and O–H groups in total. The molecule has 20 heavy (non-hydrogen) atoms. The number of hydrogen-bond donors (Lipinski definition) is 1. The molecular weight excluding hydrogens is 269 g/mol. The number of nitrogens with zero attached hydrogens (tertiary/aromatic N) is 1. The van der Waals surface area contributed by atoms with Gasteiger partial charge in [-0.15, -0.1) is 13.2 Å². The van der Waals surface area contributed by atoms with E-state index in [0.717, 1.165) is 38.0 Å². The van der Waals surface area contributed by atoms with E-state index in [9.17, 15) is 13.2 Å². The Labute approximate surface area is 116 Å². The monoisotopic (exact) mass is 288 g/mol. The van der Waals surface area contributed by atoms with Crippen molar-refractivity contribution in [2.45, 2.75) is 31.8 Å². The highest BCUT2D eigenvalue weighted by Crippen LogP contribution is 2.23. The molecule has 0 amide bonds. The van der Waals surface area contributed by atoms with Crippen LogP contribution >= 0.6 is 0 Å². The summed E-state index contributed by atoms with van der Waals surface area (Å²) in [6.07, 6.45) is -2.32. The van der Waals surface area contributed by atoms with Crippen LogP contribution in [0.15, 0.2) is 24.3 Å². The van der Waals surface area contributed by atoms with Crippen LogP contribution in [0.5, 0.6) is 5.75 Å². The maximum absolute atomic E-state index is 12.1. The smallest absolute Gasteiger partial charge is 0.406 e. The second-order valence-corrected chi connectivity index (χ2v) is 5.11. The number of piperidine rings is 1. The van der Waals surface area contributed by atoms with Gasteiger partial charge in [0.05, 0.1) is 0 Å². The van der Waals surface area contributed by atoms with Crippen LogP contribution in [-0.2, 0) is 6.54 Å². The predicted molar refractivity (Wildman–Crippen MR) is 70.5 cm³/mol. The summed E-state index contributed by atoms with van der Waals surface area (Å²) >= 11 is 0. The highest BCUT2D eigenvalue weighted by molar-refractivity contribution is 5.27. The van der Waals surface area contributed by atoms with Crippen molar-refractivity contribution in [3.05, 3.63) is 29.8 Å². The Kier molecular flexibility index (Phi) is 4.88. The quantitative estimate of drug-likeness (QED) is 0.922.